The van der Waals surface area contributed by atoms with E-state index in [4.69, 9.17) is 5.73 Å². The van der Waals surface area contributed by atoms with Crippen molar-refractivity contribution in [3.63, 3.8) is 0 Å². The quantitative estimate of drug-likeness (QED) is 0.467. The summed E-state index contributed by atoms with van der Waals surface area (Å²) in [6.07, 6.45) is 0.219. The second-order valence-electron chi connectivity index (χ2n) is 12.1. The van der Waals surface area contributed by atoms with Crippen molar-refractivity contribution in [2.45, 2.75) is 38.3 Å². The molecule has 6 atom stereocenters. The normalized spacial score (nSPS) is 29.2. The molecule has 2 unspecified atom stereocenters. The van der Waals surface area contributed by atoms with E-state index >= 15 is 0 Å². The summed E-state index contributed by atoms with van der Waals surface area (Å²) >= 11 is 0. The first-order valence-corrected chi connectivity index (χ1v) is 13.6. The molecule has 0 spiro atoms. The number of aliphatic hydroxyl groups is 1. The van der Waals surface area contributed by atoms with Crippen molar-refractivity contribution in [1.29, 1.82) is 0 Å². The topological polar surface area (TPSA) is 158 Å². The predicted octanol–water partition coefficient (Wildman–Crippen LogP) is 1.22. The second kappa shape index (κ2) is 9.60. The van der Waals surface area contributed by atoms with E-state index in [2.05, 4.69) is 0 Å². The van der Waals surface area contributed by atoms with Crippen LogP contribution in [0.15, 0.2) is 24.3 Å². The number of benzene rings is 2. The van der Waals surface area contributed by atoms with Crippen molar-refractivity contribution in [1.82, 2.24) is 4.90 Å². The van der Waals surface area contributed by atoms with Gasteiger partial charge in [0, 0.05) is 31.3 Å². The fourth-order valence-corrected chi connectivity index (χ4v) is 7.18. The molecular formula is C31H35N3O7. The number of fused-ring (bicyclic) bond motifs is 3. The predicted molar refractivity (Wildman–Crippen MR) is 151 cm³/mol. The number of carbonyl (C=O) groups excluding carboxylic acids is 5. The summed E-state index contributed by atoms with van der Waals surface area (Å²) < 4.78 is 0. The van der Waals surface area contributed by atoms with E-state index in [9.17, 15) is 34.2 Å². The molecule has 0 aromatic heterocycles. The Hall–Kier alpha value is -3.89. The lowest BCUT2D eigenvalue weighted by Gasteiger charge is -2.52. The van der Waals surface area contributed by atoms with Gasteiger partial charge in [-0.1, -0.05) is 18.2 Å². The zero-order valence-corrected chi connectivity index (χ0v) is 24.0. The number of aromatic hydroxyl groups is 1. The average Bonchev–Trinajstić information content (AvgIpc) is 2.87. The Morgan fingerprint density at radius 3 is 2.22 bits per heavy atom. The molecule has 2 aromatic carbocycles. The van der Waals surface area contributed by atoms with Crippen LogP contribution in [0.3, 0.4) is 0 Å². The Bertz CT molecular complexity index is 1540. The molecule has 4 N–H and O–H groups in total. The van der Waals surface area contributed by atoms with Gasteiger partial charge in [-0.05, 0) is 75.0 Å². The number of amides is 1. The molecule has 2 saturated carbocycles. The number of nitrogens with zero attached hydrogens (tertiary/aromatic N) is 2. The first kappa shape index (κ1) is 28.6. The number of carbonyl (C=O) groups is 5. The van der Waals surface area contributed by atoms with Gasteiger partial charge >= 0.3 is 0 Å². The van der Waals surface area contributed by atoms with Gasteiger partial charge in [-0.25, -0.2) is 0 Å². The molecule has 216 valence electrons. The van der Waals surface area contributed by atoms with Gasteiger partial charge < -0.3 is 20.8 Å². The highest BCUT2D eigenvalue weighted by molar-refractivity contribution is 6.32. The van der Waals surface area contributed by atoms with Crippen molar-refractivity contribution < 1.29 is 34.2 Å². The molecule has 3 aliphatic rings. The maximum absolute atomic E-state index is 14.2. The standard InChI is InChI=1S/C31H35N3O7/c1-13-7-8-15(9-14(13)2)17-12-20(33(3)4)18-10-16-11-19-24(34(5)6)27(37)23(30(32)40)29(39)31(19,41)28(38)21(16)26(36)22(18)25(17)35/h7-9,12,16,19,21,23-24,35,41H,10-11H2,1-6H3,(H2,32,40)/t16-,19-,21?,23?,24-,31-/m0/s1. The Balaban J connectivity index is 1.69. The van der Waals surface area contributed by atoms with Crippen molar-refractivity contribution in [2.24, 2.45) is 29.4 Å². The van der Waals surface area contributed by atoms with E-state index in [1.807, 2.05) is 57.1 Å². The fraction of sp³-hybridized carbons (Fsp3) is 0.452. The van der Waals surface area contributed by atoms with Crippen LogP contribution in [-0.4, -0.2) is 84.0 Å². The smallest absolute Gasteiger partial charge is 0.235 e. The van der Waals surface area contributed by atoms with Crippen LogP contribution in [0.4, 0.5) is 5.69 Å². The van der Waals surface area contributed by atoms with Gasteiger partial charge in [-0.15, -0.1) is 0 Å². The Kier molecular flexibility index (Phi) is 6.70. The van der Waals surface area contributed by atoms with Gasteiger partial charge in [-0.3, -0.25) is 28.9 Å². The lowest BCUT2D eigenvalue weighted by molar-refractivity contribution is -0.181. The van der Waals surface area contributed by atoms with Crippen LogP contribution in [0.5, 0.6) is 5.75 Å². The zero-order chi connectivity index (χ0) is 30.3. The summed E-state index contributed by atoms with van der Waals surface area (Å²) in [5.41, 5.74) is 7.06. The zero-order valence-electron chi connectivity index (χ0n) is 24.0. The Morgan fingerprint density at radius 1 is 1.00 bits per heavy atom. The molecule has 10 nitrogen and oxygen atoms in total. The number of likely N-dealkylation sites (N-methyl/N-ethyl adjacent to an activating group) is 1. The lowest BCUT2D eigenvalue weighted by atomic mass is 9.52. The largest absolute Gasteiger partial charge is 0.507 e. The second-order valence-corrected chi connectivity index (χ2v) is 12.1. The minimum Gasteiger partial charge on any atom is -0.507 e. The summed E-state index contributed by atoms with van der Waals surface area (Å²) in [5.74, 6) is -10.5. The van der Waals surface area contributed by atoms with Crippen LogP contribution in [-0.2, 0) is 25.6 Å². The number of aryl methyl sites for hydroxylation is 2. The molecule has 5 rings (SSSR count). The summed E-state index contributed by atoms with van der Waals surface area (Å²) in [6.45, 7) is 3.91. The summed E-state index contributed by atoms with van der Waals surface area (Å²) in [7, 11) is 6.77. The minimum absolute atomic E-state index is 0.0104. The SMILES string of the molecule is Cc1ccc(-c2cc(N(C)C)c3c(c2O)C(=O)C2C(=O)[C@]4(O)C(=O)C(C(N)=O)C(=O)[C@@H](N(C)C)[C@@H]4C[C@@H]2C3)cc1C. The lowest BCUT2D eigenvalue weighted by Crippen LogP contribution is -2.74. The van der Waals surface area contributed by atoms with Crippen molar-refractivity contribution in [2.75, 3.05) is 33.1 Å². The first-order valence-electron chi connectivity index (χ1n) is 13.6. The summed E-state index contributed by atoms with van der Waals surface area (Å²) in [6, 6.07) is 6.37. The molecule has 0 bridgehead atoms. The van der Waals surface area contributed by atoms with E-state index in [1.54, 1.807) is 14.1 Å². The molecule has 41 heavy (non-hydrogen) atoms. The van der Waals surface area contributed by atoms with Crippen LogP contribution in [0, 0.1) is 37.5 Å². The summed E-state index contributed by atoms with van der Waals surface area (Å²) in [5, 5.41) is 23.3. The van der Waals surface area contributed by atoms with Crippen LogP contribution in [0.1, 0.15) is 33.5 Å². The van der Waals surface area contributed by atoms with Crippen LogP contribution in [0.25, 0.3) is 11.1 Å². The van der Waals surface area contributed by atoms with Gasteiger partial charge in [0.1, 0.15) is 5.75 Å². The number of hydrogen-bond acceptors (Lipinski definition) is 9. The average molecular weight is 562 g/mol. The van der Waals surface area contributed by atoms with Gasteiger partial charge in [0.2, 0.25) is 5.91 Å². The molecule has 0 heterocycles. The van der Waals surface area contributed by atoms with E-state index in [-0.39, 0.29) is 24.2 Å². The highest BCUT2D eigenvalue weighted by Gasteiger charge is 2.69. The van der Waals surface area contributed by atoms with E-state index in [0.717, 1.165) is 11.1 Å². The van der Waals surface area contributed by atoms with Gasteiger partial charge in [0.25, 0.3) is 0 Å². The number of phenols is 1. The van der Waals surface area contributed by atoms with Crippen molar-refractivity contribution in [3.8, 4) is 16.9 Å². The molecular weight excluding hydrogens is 526 g/mol. The third kappa shape index (κ3) is 3.95. The Labute approximate surface area is 238 Å². The third-order valence-electron chi connectivity index (χ3n) is 9.34. The number of anilines is 1. The molecule has 0 aliphatic heterocycles. The van der Waals surface area contributed by atoms with Crippen molar-refractivity contribution >= 4 is 34.7 Å². The van der Waals surface area contributed by atoms with Crippen LogP contribution in [0.2, 0.25) is 0 Å². The molecule has 2 aromatic rings. The highest BCUT2D eigenvalue weighted by Crippen LogP contribution is 2.53. The van der Waals surface area contributed by atoms with E-state index < -0.39 is 64.4 Å². The molecule has 2 fully saturated rings. The number of ketones is 4. The van der Waals surface area contributed by atoms with Crippen LogP contribution >= 0.6 is 0 Å². The summed E-state index contributed by atoms with van der Waals surface area (Å²) in [4.78, 5) is 70.5. The number of primary amides is 1. The Morgan fingerprint density at radius 2 is 1.66 bits per heavy atom. The molecule has 3 aliphatic carbocycles. The van der Waals surface area contributed by atoms with E-state index in [0.29, 0.717) is 22.4 Å². The maximum Gasteiger partial charge on any atom is 0.235 e. The fourth-order valence-electron chi connectivity index (χ4n) is 7.18. The van der Waals surface area contributed by atoms with Gasteiger partial charge in [-0.2, -0.15) is 0 Å². The van der Waals surface area contributed by atoms with E-state index in [1.165, 1.54) is 4.90 Å². The number of rotatable bonds is 4. The van der Waals surface area contributed by atoms with Crippen molar-refractivity contribution in [3.05, 3.63) is 46.5 Å². The monoisotopic (exact) mass is 561 g/mol. The third-order valence-corrected chi connectivity index (χ3v) is 9.34. The minimum atomic E-state index is -2.75. The van der Waals surface area contributed by atoms with Gasteiger partial charge in [0.15, 0.2) is 34.7 Å². The molecule has 1 amide bonds. The number of phenolic OH excluding ortho intramolecular Hbond substituents is 1. The highest BCUT2D eigenvalue weighted by atomic mass is 16.3. The molecule has 0 radical (unpaired) electrons. The first-order chi connectivity index (χ1) is 19.1. The molecule has 0 saturated heterocycles. The number of hydrogen-bond donors (Lipinski definition) is 3. The number of Topliss-reactive ketones (excluding diaryl/α,β-unsaturated/α-hetero) is 4. The van der Waals surface area contributed by atoms with Crippen LogP contribution < -0.4 is 10.6 Å². The maximum atomic E-state index is 14.2. The van der Waals surface area contributed by atoms with Gasteiger partial charge in [0.05, 0.1) is 17.5 Å². The number of nitrogens with two attached hydrogens (primary N) is 1. The molecule has 10 heteroatoms.